The highest BCUT2D eigenvalue weighted by Gasteiger charge is 2.11. The summed E-state index contributed by atoms with van der Waals surface area (Å²) >= 11 is 0. The summed E-state index contributed by atoms with van der Waals surface area (Å²) in [4.78, 5) is 42.3. The van der Waals surface area contributed by atoms with Crippen molar-refractivity contribution in [3.05, 3.63) is 70.3 Å². The van der Waals surface area contributed by atoms with Crippen LogP contribution in [0.2, 0.25) is 0 Å². The third-order valence-electron chi connectivity index (χ3n) is 4.45. The summed E-state index contributed by atoms with van der Waals surface area (Å²) in [7, 11) is 1.37. The maximum Gasteiger partial charge on any atom is 0.305 e. The monoisotopic (exact) mass is 409 g/mol. The van der Waals surface area contributed by atoms with Crippen molar-refractivity contribution in [2.75, 3.05) is 13.7 Å². The van der Waals surface area contributed by atoms with Crippen LogP contribution in [0.4, 0.5) is 0 Å². The molecule has 0 aliphatic heterocycles. The van der Waals surface area contributed by atoms with E-state index in [0.717, 1.165) is 12.0 Å². The first-order chi connectivity index (χ1) is 14.6. The fourth-order valence-corrected chi connectivity index (χ4v) is 2.87. The number of para-hydroxylation sites is 1. The van der Waals surface area contributed by atoms with Crippen molar-refractivity contribution in [2.24, 2.45) is 0 Å². The van der Waals surface area contributed by atoms with Crippen LogP contribution < -0.4 is 15.6 Å². The van der Waals surface area contributed by atoms with Gasteiger partial charge in [-0.05, 0) is 42.7 Å². The fraction of sp³-hybridized carbons (Fsp3) is 0.273. The second-order valence-corrected chi connectivity index (χ2v) is 6.64. The van der Waals surface area contributed by atoms with E-state index in [0.29, 0.717) is 36.1 Å². The summed E-state index contributed by atoms with van der Waals surface area (Å²) in [6, 6.07) is 14.2. The van der Waals surface area contributed by atoms with Gasteiger partial charge in [-0.3, -0.25) is 14.4 Å². The molecule has 3 rings (SSSR count). The van der Waals surface area contributed by atoms with Gasteiger partial charge in [-0.1, -0.05) is 24.3 Å². The zero-order valence-electron chi connectivity index (χ0n) is 16.6. The molecule has 0 aliphatic carbocycles. The normalized spacial score (nSPS) is 10.6. The van der Waals surface area contributed by atoms with E-state index in [4.69, 9.17) is 4.74 Å². The number of carbonyl (C=O) groups is 2. The molecule has 1 amide bonds. The van der Waals surface area contributed by atoms with Crippen LogP contribution in [0, 0.1) is 0 Å². The summed E-state index contributed by atoms with van der Waals surface area (Å²) in [6.45, 7) is 0.740. The number of methoxy groups -OCH3 is 1. The van der Waals surface area contributed by atoms with Gasteiger partial charge in [-0.15, -0.1) is 0 Å². The third-order valence-corrected chi connectivity index (χ3v) is 4.45. The Balaban J connectivity index is 1.53. The van der Waals surface area contributed by atoms with Gasteiger partial charge in [0.15, 0.2) is 5.82 Å². The van der Waals surface area contributed by atoms with Crippen LogP contribution in [0.5, 0.6) is 5.75 Å². The van der Waals surface area contributed by atoms with Crippen molar-refractivity contribution in [3.8, 4) is 5.75 Å². The number of aromatic amines is 1. The van der Waals surface area contributed by atoms with Gasteiger partial charge in [0.05, 0.1) is 24.6 Å². The number of nitrogens with zero attached hydrogens (tertiary/aromatic N) is 1. The molecule has 0 saturated carbocycles. The number of hydrogen-bond donors (Lipinski definition) is 2. The SMILES string of the molecule is COC(=O)CCCCOc1cccc(CNC(=O)c2nc3ccccc3c(=O)[nH]2)c1. The first kappa shape index (κ1) is 21.0. The topological polar surface area (TPSA) is 110 Å². The number of rotatable bonds is 9. The van der Waals surface area contributed by atoms with Gasteiger partial charge in [-0.25, -0.2) is 4.98 Å². The number of aromatic nitrogens is 2. The lowest BCUT2D eigenvalue weighted by molar-refractivity contribution is -0.140. The molecular weight excluding hydrogens is 386 g/mol. The number of H-pyrrole nitrogens is 1. The van der Waals surface area contributed by atoms with Crippen LogP contribution in [0.1, 0.15) is 35.4 Å². The van der Waals surface area contributed by atoms with Crippen molar-refractivity contribution < 1.29 is 19.1 Å². The molecule has 0 bridgehead atoms. The lowest BCUT2D eigenvalue weighted by Gasteiger charge is -2.09. The highest BCUT2D eigenvalue weighted by molar-refractivity contribution is 5.92. The minimum atomic E-state index is -0.466. The molecule has 8 heteroatoms. The maximum atomic E-state index is 12.4. The number of benzene rings is 2. The number of amides is 1. The average Bonchev–Trinajstić information content (AvgIpc) is 2.77. The van der Waals surface area contributed by atoms with Gasteiger partial charge in [0.1, 0.15) is 5.75 Å². The minimum absolute atomic E-state index is 0.0308. The van der Waals surface area contributed by atoms with E-state index < -0.39 is 5.91 Å². The van der Waals surface area contributed by atoms with E-state index in [1.807, 2.05) is 24.3 Å². The zero-order valence-corrected chi connectivity index (χ0v) is 16.6. The summed E-state index contributed by atoms with van der Waals surface area (Å²) in [5.41, 5.74) is 0.959. The number of nitrogens with one attached hydrogen (secondary N) is 2. The van der Waals surface area contributed by atoms with E-state index in [2.05, 4.69) is 20.0 Å². The molecule has 0 fully saturated rings. The molecule has 2 aromatic carbocycles. The molecule has 1 heterocycles. The van der Waals surface area contributed by atoms with E-state index in [1.54, 1.807) is 24.3 Å². The van der Waals surface area contributed by atoms with E-state index >= 15 is 0 Å². The number of ether oxygens (including phenoxy) is 2. The van der Waals surface area contributed by atoms with Crippen LogP contribution in [0.25, 0.3) is 10.9 Å². The molecule has 30 heavy (non-hydrogen) atoms. The molecule has 0 aliphatic rings. The number of esters is 1. The Kier molecular flexibility index (Phi) is 7.15. The Labute approximate surface area is 173 Å². The van der Waals surface area contributed by atoms with Gasteiger partial charge in [-0.2, -0.15) is 0 Å². The number of unbranched alkanes of at least 4 members (excludes halogenated alkanes) is 1. The van der Waals surface area contributed by atoms with Crippen molar-refractivity contribution in [3.63, 3.8) is 0 Å². The van der Waals surface area contributed by atoms with Crippen LogP contribution in [-0.2, 0) is 16.1 Å². The Morgan fingerprint density at radius 1 is 1.10 bits per heavy atom. The van der Waals surface area contributed by atoms with Gasteiger partial charge < -0.3 is 19.8 Å². The summed E-state index contributed by atoms with van der Waals surface area (Å²) in [5.74, 6) is -0.0456. The second kappa shape index (κ2) is 10.2. The molecular formula is C22H23N3O5. The molecule has 0 spiro atoms. The quantitative estimate of drug-likeness (QED) is 0.415. The number of carbonyl (C=O) groups excluding carboxylic acids is 2. The zero-order chi connectivity index (χ0) is 21.3. The molecule has 0 atom stereocenters. The van der Waals surface area contributed by atoms with Crippen molar-refractivity contribution in [2.45, 2.75) is 25.8 Å². The highest BCUT2D eigenvalue weighted by atomic mass is 16.5. The van der Waals surface area contributed by atoms with Gasteiger partial charge in [0, 0.05) is 13.0 Å². The lowest BCUT2D eigenvalue weighted by Crippen LogP contribution is -2.27. The molecule has 2 N–H and O–H groups in total. The summed E-state index contributed by atoms with van der Waals surface area (Å²) in [5, 5.41) is 3.19. The van der Waals surface area contributed by atoms with Crippen molar-refractivity contribution in [1.82, 2.24) is 15.3 Å². The largest absolute Gasteiger partial charge is 0.494 e. The van der Waals surface area contributed by atoms with Gasteiger partial charge >= 0.3 is 5.97 Å². The molecule has 0 saturated heterocycles. The predicted octanol–water partition coefficient (Wildman–Crippen LogP) is 2.58. The summed E-state index contributed by atoms with van der Waals surface area (Å²) in [6.07, 6.45) is 1.80. The average molecular weight is 409 g/mol. The maximum absolute atomic E-state index is 12.4. The molecule has 0 radical (unpaired) electrons. The number of hydrogen-bond acceptors (Lipinski definition) is 6. The van der Waals surface area contributed by atoms with E-state index in [1.165, 1.54) is 7.11 Å². The van der Waals surface area contributed by atoms with Crippen molar-refractivity contribution in [1.29, 1.82) is 0 Å². The molecule has 156 valence electrons. The van der Waals surface area contributed by atoms with Crippen LogP contribution in [0.3, 0.4) is 0 Å². The molecule has 3 aromatic rings. The summed E-state index contributed by atoms with van der Waals surface area (Å²) < 4.78 is 10.3. The smallest absolute Gasteiger partial charge is 0.305 e. The van der Waals surface area contributed by atoms with Crippen LogP contribution >= 0.6 is 0 Å². The fourth-order valence-electron chi connectivity index (χ4n) is 2.87. The molecule has 8 nitrogen and oxygen atoms in total. The van der Waals surface area contributed by atoms with E-state index in [9.17, 15) is 14.4 Å². The van der Waals surface area contributed by atoms with Gasteiger partial charge in [0.25, 0.3) is 11.5 Å². The third kappa shape index (κ3) is 5.66. The molecule has 1 aromatic heterocycles. The standard InChI is InChI=1S/C22H23N3O5/c1-29-19(26)11-4-5-12-30-16-8-6-7-15(13-16)14-23-22(28)20-24-18-10-3-2-9-17(18)21(27)25-20/h2-3,6-10,13H,4-5,11-12,14H2,1H3,(H,23,28)(H,24,25,27). The van der Waals surface area contributed by atoms with E-state index in [-0.39, 0.29) is 23.9 Å². The Morgan fingerprint density at radius 3 is 2.77 bits per heavy atom. The van der Waals surface area contributed by atoms with Crippen molar-refractivity contribution >= 4 is 22.8 Å². The lowest BCUT2D eigenvalue weighted by atomic mass is 10.2. The minimum Gasteiger partial charge on any atom is -0.494 e. The van der Waals surface area contributed by atoms with Crippen LogP contribution in [-0.4, -0.2) is 35.6 Å². The Hall–Kier alpha value is -3.68. The van der Waals surface area contributed by atoms with Crippen LogP contribution in [0.15, 0.2) is 53.3 Å². The highest BCUT2D eigenvalue weighted by Crippen LogP contribution is 2.14. The Bertz CT molecular complexity index is 1090. The Morgan fingerprint density at radius 2 is 1.93 bits per heavy atom. The number of fused-ring (bicyclic) bond motifs is 1. The van der Waals surface area contributed by atoms with Gasteiger partial charge in [0.2, 0.25) is 0 Å². The second-order valence-electron chi connectivity index (χ2n) is 6.64. The molecule has 0 unspecified atom stereocenters. The first-order valence-corrected chi connectivity index (χ1v) is 9.62. The predicted molar refractivity (Wildman–Crippen MR) is 111 cm³/mol. The first-order valence-electron chi connectivity index (χ1n) is 9.62.